The van der Waals surface area contributed by atoms with Crippen LogP contribution in [0.2, 0.25) is 0 Å². The molecule has 0 radical (unpaired) electrons. The molecule has 0 bridgehead atoms. The molecule has 0 atom stereocenters. The second kappa shape index (κ2) is 8.25. The van der Waals surface area contributed by atoms with E-state index in [1.54, 1.807) is 12.1 Å². The van der Waals surface area contributed by atoms with Crippen LogP contribution in [0.1, 0.15) is 31.2 Å². The van der Waals surface area contributed by atoms with Crippen molar-refractivity contribution in [3.8, 4) is 16.9 Å². The highest BCUT2D eigenvalue weighted by molar-refractivity contribution is 5.78. The van der Waals surface area contributed by atoms with Crippen LogP contribution in [0.5, 0.6) is 0 Å². The van der Waals surface area contributed by atoms with Crippen LogP contribution in [0.25, 0.3) is 16.9 Å². The molecule has 1 aliphatic rings. The quantitative estimate of drug-likeness (QED) is 0.521. The van der Waals surface area contributed by atoms with Gasteiger partial charge >= 0.3 is 0 Å². The van der Waals surface area contributed by atoms with Crippen molar-refractivity contribution in [2.45, 2.75) is 38.3 Å². The number of hydrogen-bond acceptors (Lipinski definition) is 2. The van der Waals surface area contributed by atoms with Crippen LogP contribution in [-0.4, -0.2) is 21.8 Å². The van der Waals surface area contributed by atoms with E-state index in [9.17, 15) is 4.39 Å². The van der Waals surface area contributed by atoms with Crippen LogP contribution < -0.4 is 11.1 Å². The van der Waals surface area contributed by atoms with E-state index in [1.807, 2.05) is 41.2 Å². The Balaban J connectivity index is 1.62. The smallest absolute Gasteiger partial charge is 0.189 e. The first kappa shape index (κ1) is 18.2. The minimum atomic E-state index is -0.268. The van der Waals surface area contributed by atoms with Gasteiger partial charge in [0.05, 0.1) is 17.9 Å². The Hall–Kier alpha value is -3.15. The predicted octanol–water partition coefficient (Wildman–Crippen LogP) is 4.03. The molecule has 0 unspecified atom stereocenters. The molecule has 3 aromatic rings. The Labute approximate surface area is 164 Å². The minimum absolute atomic E-state index is 0.268. The van der Waals surface area contributed by atoms with E-state index in [-0.39, 0.29) is 5.82 Å². The van der Waals surface area contributed by atoms with Crippen molar-refractivity contribution >= 4 is 5.96 Å². The number of rotatable bonds is 5. The van der Waals surface area contributed by atoms with Crippen molar-refractivity contribution in [1.29, 1.82) is 0 Å². The molecule has 144 valence electrons. The fourth-order valence-corrected chi connectivity index (χ4v) is 3.58. The van der Waals surface area contributed by atoms with E-state index in [1.165, 1.54) is 25.0 Å². The van der Waals surface area contributed by atoms with Crippen molar-refractivity contribution in [1.82, 2.24) is 15.1 Å². The van der Waals surface area contributed by atoms with Gasteiger partial charge in [-0.1, -0.05) is 31.0 Å². The maximum absolute atomic E-state index is 13.3. The van der Waals surface area contributed by atoms with E-state index in [0.29, 0.717) is 18.5 Å². The first-order chi connectivity index (χ1) is 13.7. The standard InChI is InChI=1S/C22H24FN5/c23-18-12-10-16(11-13-18)21-17(14-25-22(24)26-19-6-4-5-7-19)15-28(27-21)20-8-2-1-3-9-20/h1-3,8-13,15,19H,4-7,14H2,(H3,24,25,26). The maximum Gasteiger partial charge on any atom is 0.189 e. The number of para-hydroxylation sites is 1. The molecule has 1 heterocycles. The van der Waals surface area contributed by atoms with Crippen LogP contribution in [0.4, 0.5) is 4.39 Å². The van der Waals surface area contributed by atoms with Crippen molar-refractivity contribution in [2.24, 2.45) is 10.7 Å². The Kier molecular flexibility index (Phi) is 5.37. The molecule has 0 spiro atoms. The summed E-state index contributed by atoms with van der Waals surface area (Å²) in [6, 6.07) is 16.7. The maximum atomic E-state index is 13.3. The van der Waals surface area contributed by atoms with Gasteiger partial charge in [-0.3, -0.25) is 0 Å². The summed E-state index contributed by atoms with van der Waals surface area (Å²) in [5.74, 6) is 0.195. The first-order valence-corrected chi connectivity index (χ1v) is 9.65. The summed E-state index contributed by atoms with van der Waals surface area (Å²) >= 11 is 0. The van der Waals surface area contributed by atoms with E-state index in [4.69, 9.17) is 10.8 Å². The van der Waals surface area contributed by atoms with E-state index in [0.717, 1.165) is 35.3 Å². The predicted molar refractivity (Wildman–Crippen MR) is 110 cm³/mol. The number of guanidine groups is 1. The lowest BCUT2D eigenvalue weighted by Crippen LogP contribution is -2.38. The molecule has 1 fully saturated rings. The summed E-state index contributed by atoms with van der Waals surface area (Å²) in [4.78, 5) is 4.52. The Morgan fingerprint density at radius 3 is 2.54 bits per heavy atom. The summed E-state index contributed by atoms with van der Waals surface area (Å²) in [7, 11) is 0. The number of nitrogens with one attached hydrogen (secondary N) is 1. The van der Waals surface area contributed by atoms with Crippen LogP contribution in [0.3, 0.4) is 0 Å². The molecule has 6 heteroatoms. The highest BCUT2D eigenvalue weighted by Gasteiger charge is 2.16. The third kappa shape index (κ3) is 4.22. The lowest BCUT2D eigenvalue weighted by atomic mass is 10.1. The summed E-state index contributed by atoms with van der Waals surface area (Å²) in [5, 5.41) is 8.03. The van der Waals surface area contributed by atoms with E-state index < -0.39 is 0 Å². The molecule has 3 N–H and O–H groups in total. The van der Waals surface area contributed by atoms with Gasteiger partial charge in [-0.05, 0) is 49.2 Å². The molecule has 0 amide bonds. The lowest BCUT2D eigenvalue weighted by Gasteiger charge is -2.12. The minimum Gasteiger partial charge on any atom is -0.370 e. The fraction of sp³-hybridized carbons (Fsp3) is 0.273. The van der Waals surface area contributed by atoms with Crippen molar-refractivity contribution < 1.29 is 4.39 Å². The molecule has 1 aromatic heterocycles. The summed E-state index contributed by atoms with van der Waals surface area (Å²) in [6.07, 6.45) is 6.72. The number of hydrogen-bond donors (Lipinski definition) is 2. The molecular weight excluding hydrogens is 353 g/mol. The first-order valence-electron chi connectivity index (χ1n) is 9.65. The Morgan fingerprint density at radius 1 is 1.11 bits per heavy atom. The van der Waals surface area contributed by atoms with Gasteiger partial charge in [0.25, 0.3) is 0 Å². The zero-order valence-electron chi connectivity index (χ0n) is 15.7. The SMILES string of the molecule is NC(=NCc1cn(-c2ccccc2)nc1-c1ccc(F)cc1)NC1CCCC1. The molecule has 1 saturated carbocycles. The highest BCUT2D eigenvalue weighted by Crippen LogP contribution is 2.25. The third-order valence-electron chi connectivity index (χ3n) is 5.06. The number of halogens is 1. The summed E-state index contributed by atoms with van der Waals surface area (Å²) in [6.45, 7) is 0.408. The molecule has 0 aliphatic heterocycles. The van der Waals surface area contributed by atoms with Crippen LogP contribution in [-0.2, 0) is 6.54 Å². The second-order valence-electron chi connectivity index (χ2n) is 7.12. The molecule has 1 aliphatic carbocycles. The van der Waals surface area contributed by atoms with Gasteiger partial charge < -0.3 is 11.1 Å². The number of aliphatic imine (C=N–C) groups is 1. The number of nitrogens with two attached hydrogens (primary N) is 1. The molecular formula is C22H24FN5. The van der Waals surface area contributed by atoms with Crippen LogP contribution >= 0.6 is 0 Å². The van der Waals surface area contributed by atoms with Gasteiger partial charge in [0.15, 0.2) is 5.96 Å². The zero-order valence-corrected chi connectivity index (χ0v) is 15.7. The van der Waals surface area contributed by atoms with Crippen molar-refractivity contribution in [2.75, 3.05) is 0 Å². The van der Waals surface area contributed by atoms with Crippen molar-refractivity contribution in [3.05, 3.63) is 72.2 Å². The summed E-state index contributed by atoms with van der Waals surface area (Å²) in [5.41, 5.74) is 9.61. The zero-order chi connectivity index (χ0) is 19.3. The molecule has 2 aromatic carbocycles. The monoisotopic (exact) mass is 377 g/mol. The van der Waals surface area contributed by atoms with Gasteiger partial charge in [0, 0.05) is 23.4 Å². The van der Waals surface area contributed by atoms with Gasteiger partial charge in [0.2, 0.25) is 0 Å². The van der Waals surface area contributed by atoms with Gasteiger partial charge in [-0.15, -0.1) is 0 Å². The van der Waals surface area contributed by atoms with Crippen molar-refractivity contribution in [3.63, 3.8) is 0 Å². The molecule has 4 rings (SSSR count). The van der Waals surface area contributed by atoms with Crippen LogP contribution in [0, 0.1) is 5.82 Å². The molecule has 0 saturated heterocycles. The summed E-state index contributed by atoms with van der Waals surface area (Å²) < 4.78 is 15.2. The second-order valence-corrected chi connectivity index (χ2v) is 7.12. The number of aromatic nitrogens is 2. The van der Waals surface area contributed by atoms with Crippen LogP contribution in [0.15, 0.2) is 65.8 Å². The topological polar surface area (TPSA) is 68.2 Å². The average Bonchev–Trinajstić information content (AvgIpc) is 3.38. The molecule has 28 heavy (non-hydrogen) atoms. The highest BCUT2D eigenvalue weighted by atomic mass is 19.1. The third-order valence-corrected chi connectivity index (χ3v) is 5.06. The van der Waals surface area contributed by atoms with E-state index >= 15 is 0 Å². The normalized spacial score (nSPS) is 15.1. The largest absolute Gasteiger partial charge is 0.370 e. The van der Waals surface area contributed by atoms with Gasteiger partial charge in [-0.25, -0.2) is 14.1 Å². The average molecular weight is 377 g/mol. The lowest BCUT2D eigenvalue weighted by molar-refractivity contribution is 0.625. The fourth-order valence-electron chi connectivity index (χ4n) is 3.58. The van der Waals surface area contributed by atoms with Gasteiger partial charge in [-0.2, -0.15) is 5.10 Å². The Bertz CT molecular complexity index is 941. The van der Waals surface area contributed by atoms with Gasteiger partial charge in [0.1, 0.15) is 5.82 Å². The number of nitrogens with zero attached hydrogens (tertiary/aromatic N) is 3. The Morgan fingerprint density at radius 2 is 1.82 bits per heavy atom. The molecule has 5 nitrogen and oxygen atoms in total. The van der Waals surface area contributed by atoms with E-state index in [2.05, 4.69) is 10.3 Å². The number of benzene rings is 2.